The average Bonchev–Trinajstić information content (AvgIpc) is 2.92. The zero-order chi connectivity index (χ0) is 19.1. The molecule has 0 saturated heterocycles. The van der Waals surface area contributed by atoms with Crippen molar-refractivity contribution >= 4 is 11.7 Å². The first-order chi connectivity index (χ1) is 13.2. The summed E-state index contributed by atoms with van der Waals surface area (Å²) in [6, 6.07) is 7.44. The first-order valence-corrected chi connectivity index (χ1v) is 9.83. The van der Waals surface area contributed by atoms with E-state index in [1.54, 1.807) is 12.0 Å². The van der Waals surface area contributed by atoms with E-state index in [9.17, 15) is 4.79 Å². The van der Waals surface area contributed by atoms with Gasteiger partial charge in [-0.05, 0) is 31.4 Å². The normalized spacial score (nSPS) is 13.6. The minimum absolute atomic E-state index is 0.123. The van der Waals surface area contributed by atoms with Crippen LogP contribution in [0.1, 0.15) is 50.7 Å². The lowest BCUT2D eigenvalue weighted by atomic mass is 10.2. The maximum Gasteiger partial charge on any atom is 0.322 e. The summed E-state index contributed by atoms with van der Waals surface area (Å²) in [5, 5.41) is 11.8. The Kier molecular flexibility index (Phi) is 6.68. The highest BCUT2D eigenvalue weighted by molar-refractivity contribution is 5.92. The maximum atomic E-state index is 12.9. The summed E-state index contributed by atoms with van der Waals surface area (Å²) in [5.74, 6) is 2.58. The van der Waals surface area contributed by atoms with Crippen molar-refractivity contribution in [3.8, 4) is 5.75 Å². The second-order valence-electron chi connectivity index (χ2n) is 6.87. The van der Waals surface area contributed by atoms with Crippen molar-refractivity contribution in [1.82, 2.24) is 20.1 Å². The minimum Gasteiger partial charge on any atom is -0.497 e. The van der Waals surface area contributed by atoms with E-state index < -0.39 is 0 Å². The van der Waals surface area contributed by atoms with Crippen LogP contribution < -0.4 is 15.0 Å². The number of nitrogens with one attached hydrogen (secondary N) is 1. The molecule has 7 heteroatoms. The predicted molar refractivity (Wildman–Crippen MR) is 105 cm³/mol. The van der Waals surface area contributed by atoms with Gasteiger partial charge in [0.25, 0.3) is 0 Å². The molecular weight excluding hydrogens is 342 g/mol. The molecule has 2 heterocycles. The fraction of sp³-hybridized carbons (Fsp3) is 0.550. The van der Waals surface area contributed by atoms with Gasteiger partial charge >= 0.3 is 6.03 Å². The van der Waals surface area contributed by atoms with Crippen molar-refractivity contribution in [3.63, 3.8) is 0 Å². The highest BCUT2D eigenvalue weighted by atomic mass is 16.5. The molecule has 0 unspecified atom stereocenters. The number of benzene rings is 1. The van der Waals surface area contributed by atoms with Crippen LogP contribution in [0.25, 0.3) is 0 Å². The Hall–Kier alpha value is -2.57. The molecule has 0 spiro atoms. The summed E-state index contributed by atoms with van der Waals surface area (Å²) in [7, 11) is 1.63. The molecule has 1 aliphatic heterocycles. The first kappa shape index (κ1) is 19.2. The Morgan fingerprint density at radius 1 is 1.30 bits per heavy atom. The van der Waals surface area contributed by atoms with Crippen LogP contribution >= 0.6 is 0 Å². The number of unbranched alkanes of at least 4 members (excludes halogenated alkanes) is 1. The summed E-state index contributed by atoms with van der Waals surface area (Å²) in [5.41, 5.74) is 0.786. The molecule has 7 nitrogen and oxygen atoms in total. The molecule has 0 bridgehead atoms. The molecule has 0 aliphatic carbocycles. The van der Waals surface area contributed by atoms with Crippen LogP contribution in [0.3, 0.4) is 0 Å². The Balaban J connectivity index is 1.85. The van der Waals surface area contributed by atoms with Gasteiger partial charge in [0.1, 0.15) is 11.6 Å². The van der Waals surface area contributed by atoms with Crippen LogP contribution in [0.4, 0.5) is 10.5 Å². The highest BCUT2D eigenvalue weighted by Gasteiger charge is 2.22. The molecule has 1 aromatic carbocycles. The molecular formula is C20H29N5O2. The fourth-order valence-corrected chi connectivity index (χ4v) is 3.33. The SMILES string of the molecule is CCCCNC(=O)N(Cc1nnc2n1CCCCC2)c1cccc(OC)c1. The van der Waals surface area contributed by atoms with Crippen LogP contribution in [0.2, 0.25) is 0 Å². The number of ether oxygens (including phenoxy) is 1. The Bertz CT molecular complexity index is 759. The molecule has 2 aromatic rings. The average molecular weight is 371 g/mol. The van der Waals surface area contributed by atoms with Crippen molar-refractivity contribution < 1.29 is 9.53 Å². The third kappa shape index (κ3) is 4.78. The molecule has 0 fully saturated rings. The number of nitrogens with zero attached hydrogens (tertiary/aromatic N) is 4. The van der Waals surface area contributed by atoms with Crippen LogP contribution in [0, 0.1) is 0 Å². The van der Waals surface area contributed by atoms with Crippen LogP contribution in [0.15, 0.2) is 24.3 Å². The van der Waals surface area contributed by atoms with E-state index in [4.69, 9.17) is 4.74 Å². The molecule has 0 atom stereocenters. The molecule has 3 rings (SSSR count). The van der Waals surface area contributed by atoms with Gasteiger partial charge in [-0.15, -0.1) is 10.2 Å². The number of urea groups is 1. The first-order valence-electron chi connectivity index (χ1n) is 9.83. The number of hydrogen-bond acceptors (Lipinski definition) is 4. The van der Waals surface area contributed by atoms with Crippen molar-refractivity contribution in [1.29, 1.82) is 0 Å². The number of amides is 2. The van der Waals surface area contributed by atoms with Gasteiger partial charge in [-0.3, -0.25) is 4.90 Å². The van der Waals surface area contributed by atoms with Gasteiger partial charge < -0.3 is 14.6 Å². The number of carbonyl (C=O) groups is 1. The Morgan fingerprint density at radius 3 is 3.00 bits per heavy atom. The zero-order valence-electron chi connectivity index (χ0n) is 16.3. The number of carbonyl (C=O) groups excluding carboxylic acids is 1. The van der Waals surface area contributed by atoms with Gasteiger partial charge in [0.05, 0.1) is 13.7 Å². The number of rotatable bonds is 7. The van der Waals surface area contributed by atoms with E-state index in [2.05, 4.69) is 27.0 Å². The van der Waals surface area contributed by atoms with E-state index in [0.717, 1.165) is 61.7 Å². The van der Waals surface area contributed by atoms with Gasteiger partial charge in [0.15, 0.2) is 5.82 Å². The number of aromatic nitrogens is 3. The lowest BCUT2D eigenvalue weighted by Gasteiger charge is -2.23. The number of methoxy groups -OCH3 is 1. The van der Waals surface area contributed by atoms with Crippen LogP contribution in [-0.2, 0) is 19.5 Å². The summed E-state index contributed by atoms with van der Waals surface area (Å²) in [6.45, 7) is 4.07. The summed E-state index contributed by atoms with van der Waals surface area (Å²) in [4.78, 5) is 14.6. The van der Waals surface area contributed by atoms with Gasteiger partial charge in [0.2, 0.25) is 0 Å². The van der Waals surface area contributed by atoms with E-state index >= 15 is 0 Å². The van der Waals surface area contributed by atoms with Gasteiger partial charge in [-0.1, -0.05) is 25.8 Å². The molecule has 0 radical (unpaired) electrons. The third-order valence-corrected chi connectivity index (χ3v) is 4.90. The molecule has 1 aromatic heterocycles. The van der Waals surface area contributed by atoms with Crippen molar-refractivity contribution in [2.75, 3.05) is 18.6 Å². The lowest BCUT2D eigenvalue weighted by molar-refractivity contribution is 0.245. The topological polar surface area (TPSA) is 72.3 Å². The van der Waals surface area contributed by atoms with Crippen LogP contribution in [0.5, 0.6) is 5.75 Å². The molecule has 1 N–H and O–H groups in total. The molecule has 0 saturated carbocycles. The number of hydrogen-bond donors (Lipinski definition) is 1. The zero-order valence-corrected chi connectivity index (χ0v) is 16.3. The third-order valence-electron chi connectivity index (χ3n) is 4.90. The number of aryl methyl sites for hydroxylation is 1. The van der Waals surface area contributed by atoms with Crippen LogP contribution in [-0.4, -0.2) is 34.5 Å². The standard InChI is InChI=1S/C20H29N5O2/c1-3-4-12-21-20(26)25(16-9-8-10-17(14-16)27-2)15-19-23-22-18-11-6-5-7-13-24(18)19/h8-10,14H,3-7,11-13,15H2,1-2H3,(H,21,26). The predicted octanol–water partition coefficient (Wildman–Crippen LogP) is 3.53. The van der Waals surface area contributed by atoms with Gasteiger partial charge in [0, 0.05) is 31.3 Å². The van der Waals surface area contributed by atoms with E-state index in [0.29, 0.717) is 13.1 Å². The van der Waals surface area contributed by atoms with E-state index in [-0.39, 0.29) is 6.03 Å². The summed E-state index contributed by atoms with van der Waals surface area (Å²) in [6.07, 6.45) is 6.43. The van der Waals surface area contributed by atoms with Crippen molar-refractivity contribution in [2.45, 2.75) is 58.5 Å². The van der Waals surface area contributed by atoms with Crippen molar-refractivity contribution in [2.24, 2.45) is 0 Å². The smallest absolute Gasteiger partial charge is 0.322 e. The minimum atomic E-state index is -0.123. The largest absolute Gasteiger partial charge is 0.497 e. The second-order valence-corrected chi connectivity index (χ2v) is 6.87. The Labute approximate surface area is 160 Å². The molecule has 27 heavy (non-hydrogen) atoms. The number of anilines is 1. The number of fused-ring (bicyclic) bond motifs is 1. The van der Waals surface area contributed by atoms with Gasteiger partial charge in [-0.2, -0.15) is 0 Å². The second kappa shape index (κ2) is 9.39. The maximum absolute atomic E-state index is 12.9. The Morgan fingerprint density at radius 2 is 2.19 bits per heavy atom. The highest BCUT2D eigenvalue weighted by Crippen LogP contribution is 2.23. The molecule has 2 amide bonds. The quantitative estimate of drug-likeness (QED) is 0.756. The molecule has 146 valence electrons. The van der Waals surface area contributed by atoms with E-state index in [1.165, 1.54) is 6.42 Å². The summed E-state index contributed by atoms with van der Waals surface area (Å²) < 4.78 is 7.51. The van der Waals surface area contributed by atoms with Gasteiger partial charge in [-0.25, -0.2) is 4.79 Å². The lowest BCUT2D eigenvalue weighted by Crippen LogP contribution is -2.40. The monoisotopic (exact) mass is 371 g/mol. The molecule has 1 aliphatic rings. The van der Waals surface area contributed by atoms with E-state index in [1.807, 2.05) is 24.3 Å². The fourth-order valence-electron chi connectivity index (χ4n) is 3.33. The summed E-state index contributed by atoms with van der Waals surface area (Å²) >= 11 is 0. The van der Waals surface area contributed by atoms with Crippen molar-refractivity contribution in [3.05, 3.63) is 35.9 Å².